The van der Waals surface area contributed by atoms with Crippen molar-refractivity contribution in [1.29, 1.82) is 0 Å². The third-order valence-electron chi connectivity index (χ3n) is 2.97. The molecule has 0 radical (unpaired) electrons. The number of hydrogen-bond acceptors (Lipinski definition) is 5. The number of rotatable bonds is 12. The van der Waals surface area contributed by atoms with Gasteiger partial charge in [-0.3, -0.25) is 9.59 Å². The van der Waals surface area contributed by atoms with Crippen LogP contribution in [0.1, 0.15) is 44.9 Å². The van der Waals surface area contributed by atoms with E-state index in [0.29, 0.717) is 23.9 Å². The van der Waals surface area contributed by atoms with Crippen molar-refractivity contribution in [1.82, 2.24) is 0 Å². The normalized spacial score (nSPS) is 12.7. The van der Waals surface area contributed by atoms with Crippen molar-refractivity contribution < 1.29 is 33.8 Å². The molecule has 0 saturated heterocycles. The minimum Gasteiger partial charge on any atom is -0.550 e. The maximum absolute atomic E-state index is 11.7. The average molecular weight is 317 g/mol. The number of carboxylic acid groups (broad SMARTS) is 2. The number of aliphatic carboxylic acids is 2. The summed E-state index contributed by atoms with van der Waals surface area (Å²) in [6.45, 7) is 0.401. The first-order valence-corrected chi connectivity index (χ1v) is 7.51. The molecule has 0 heterocycles. The smallest absolute Gasteiger partial charge is 0.306 e. The number of carbonyl (C=O) groups excluding carboxylic acids is 2. The molecule has 1 N–H and O–H groups in total. The Kier molecular flexibility index (Phi) is 9.40. The molecule has 0 bridgehead atoms. The van der Waals surface area contributed by atoms with Crippen molar-refractivity contribution in [3.8, 4) is 0 Å². The number of unbranched alkanes of at least 4 members (excludes halogenated alkanes) is 3. The standard InChI is InChI=1S/C15H27NO6/c1-16(2,3)11-12(10-14(19)20)22-15(21)9-7-5-4-6-8-13(17)18/h12H,4-11H2,1-3H3,(H-,17,18,19,20). The molecule has 0 aromatic rings. The van der Waals surface area contributed by atoms with E-state index in [4.69, 9.17) is 9.84 Å². The number of nitrogens with zero attached hydrogens (tertiary/aromatic N) is 1. The van der Waals surface area contributed by atoms with E-state index in [9.17, 15) is 19.5 Å². The van der Waals surface area contributed by atoms with Crippen LogP contribution >= 0.6 is 0 Å². The second-order valence-electron chi connectivity index (χ2n) is 6.47. The Morgan fingerprint density at radius 1 is 1.05 bits per heavy atom. The Hall–Kier alpha value is -1.63. The third-order valence-corrected chi connectivity index (χ3v) is 2.97. The van der Waals surface area contributed by atoms with Gasteiger partial charge in [0.05, 0.1) is 21.1 Å². The average Bonchev–Trinajstić information content (AvgIpc) is 2.29. The van der Waals surface area contributed by atoms with Gasteiger partial charge in [0.1, 0.15) is 6.54 Å². The summed E-state index contributed by atoms with van der Waals surface area (Å²) in [6.07, 6.45) is 2.07. The summed E-state index contributed by atoms with van der Waals surface area (Å²) in [7, 11) is 5.66. The van der Waals surface area contributed by atoms with Gasteiger partial charge in [0.25, 0.3) is 0 Å². The summed E-state index contributed by atoms with van der Waals surface area (Å²) in [4.78, 5) is 32.8. The summed E-state index contributed by atoms with van der Waals surface area (Å²) in [5.74, 6) is -2.47. The lowest BCUT2D eigenvalue weighted by Crippen LogP contribution is -2.45. The van der Waals surface area contributed by atoms with E-state index < -0.39 is 24.0 Å². The number of ether oxygens (including phenoxy) is 1. The molecule has 0 saturated carbocycles. The van der Waals surface area contributed by atoms with E-state index in [1.54, 1.807) is 0 Å². The molecule has 22 heavy (non-hydrogen) atoms. The number of hydrogen-bond donors (Lipinski definition) is 1. The molecular formula is C15H27NO6. The summed E-state index contributed by atoms with van der Waals surface area (Å²) in [5.41, 5.74) is 0. The molecule has 1 atom stereocenters. The van der Waals surface area contributed by atoms with Gasteiger partial charge in [0.2, 0.25) is 0 Å². The molecule has 0 aromatic heterocycles. The van der Waals surface area contributed by atoms with Gasteiger partial charge in [-0.1, -0.05) is 12.8 Å². The summed E-state index contributed by atoms with van der Waals surface area (Å²) in [6, 6.07) is 0. The molecule has 0 fully saturated rings. The van der Waals surface area contributed by atoms with Crippen molar-refractivity contribution in [3.63, 3.8) is 0 Å². The zero-order chi connectivity index (χ0) is 17.2. The van der Waals surface area contributed by atoms with Crippen LogP contribution < -0.4 is 5.11 Å². The summed E-state index contributed by atoms with van der Waals surface area (Å²) < 4.78 is 5.70. The number of carboxylic acids is 2. The highest BCUT2D eigenvalue weighted by molar-refractivity contribution is 5.70. The predicted molar refractivity (Wildman–Crippen MR) is 77.7 cm³/mol. The minimum atomic E-state index is -1.24. The van der Waals surface area contributed by atoms with E-state index >= 15 is 0 Å². The van der Waals surface area contributed by atoms with Gasteiger partial charge in [-0.15, -0.1) is 0 Å². The second kappa shape index (κ2) is 10.2. The Morgan fingerprint density at radius 2 is 1.59 bits per heavy atom. The van der Waals surface area contributed by atoms with Crippen LogP contribution in [0.3, 0.4) is 0 Å². The van der Waals surface area contributed by atoms with Crippen LogP contribution in [0.5, 0.6) is 0 Å². The fourth-order valence-corrected chi connectivity index (χ4v) is 2.08. The van der Waals surface area contributed by atoms with Crippen LogP contribution in [0, 0.1) is 0 Å². The van der Waals surface area contributed by atoms with Gasteiger partial charge in [-0.25, -0.2) is 0 Å². The number of likely N-dealkylation sites (N-methyl/N-ethyl adjacent to an activating group) is 1. The van der Waals surface area contributed by atoms with Gasteiger partial charge < -0.3 is 24.2 Å². The largest absolute Gasteiger partial charge is 0.550 e. The number of quaternary nitrogens is 1. The minimum absolute atomic E-state index is 0.141. The number of carbonyl (C=O) groups is 3. The molecule has 0 aliphatic rings. The summed E-state index contributed by atoms with van der Waals surface area (Å²) >= 11 is 0. The van der Waals surface area contributed by atoms with Crippen molar-refractivity contribution in [2.45, 2.75) is 51.0 Å². The Balaban J connectivity index is 4.01. The molecule has 0 aliphatic carbocycles. The number of esters is 1. The maximum atomic E-state index is 11.7. The van der Waals surface area contributed by atoms with Crippen LogP contribution in [0.2, 0.25) is 0 Å². The molecule has 128 valence electrons. The first kappa shape index (κ1) is 20.4. The van der Waals surface area contributed by atoms with Gasteiger partial charge in [-0.05, 0) is 12.8 Å². The van der Waals surface area contributed by atoms with Crippen molar-refractivity contribution >= 4 is 17.9 Å². The Labute approximate surface area is 131 Å². The zero-order valence-corrected chi connectivity index (χ0v) is 13.7. The lowest BCUT2D eigenvalue weighted by atomic mass is 10.1. The van der Waals surface area contributed by atoms with E-state index in [0.717, 1.165) is 12.8 Å². The highest BCUT2D eigenvalue weighted by atomic mass is 16.5. The third kappa shape index (κ3) is 13.4. The Morgan fingerprint density at radius 3 is 2.05 bits per heavy atom. The van der Waals surface area contributed by atoms with Crippen LogP contribution in [0.25, 0.3) is 0 Å². The van der Waals surface area contributed by atoms with Crippen molar-refractivity contribution in [2.75, 3.05) is 27.7 Å². The lowest BCUT2D eigenvalue weighted by molar-refractivity contribution is -0.873. The van der Waals surface area contributed by atoms with E-state index in [1.165, 1.54) is 0 Å². The molecule has 0 rings (SSSR count). The van der Waals surface area contributed by atoms with Crippen LogP contribution in [-0.2, 0) is 19.1 Å². The monoisotopic (exact) mass is 317 g/mol. The van der Waals surface area contributed by atoms with E-state index in [1.807, 2.05) is 21.1 Å². The molecule has 0 aliphatic heterocycles. The zero-order valence-electron chi connectivity index (χ0n) is 13.7. The van der Waals surface area contributed by atoms with Crippen molar-refractivity contribution in [2.24, 2.45) is 0 Å². The van der Waals surface area contributed by atoms with E-state index in [2.05, 4.69) is 0 Å². The van der Waals surface area contributed by atoms with Crippen LogP contribution in [-0.4, -0.2) is 61.3 Å². The molecule has 7 heteroatoms. The van der Waals surface area contributed by atoms with Gasteiger partial charge >= 0.3 is 11.9 Å². The van der Waals surface area contributed by atoms with Gasteiger partial charge in [0.15, 0.2) is 6.10 Å². The fraction of sp³-hybridized carbons (Fsp3) is 0.800. The molecule has 0 aromatic carbocycles. The predicted octanol–water partition coefficient (Wildman–Crippen LogP) is 0.170. The maximum Gasteiger partial charge on any atom is 0.306 e. The highest BCUT2D eigenvalue weighted by Gasteiger charge is 2.22. The molecule has 7 nitrogen and oxygen atoms in total. The molecule has 1 unspecified atom stereocenters. The Bertz CT molecular complexity index is 375. The first-order chi connectivity index (χ1) is 10.1. The van der Waals surface area contributed by atoms with Crippen molar-refractivity contribution in [3.05, 3.63) is 0 Å². The SMILES string of the molecule is C[N+](C)(C)CC(CC(=O)[O-])OC(=O)CCCCCCC(=O)O. The van der Waals surface area contributed by atoms with Gasteiger partial charge in [-0.2, -0.15) is 0 Å². The molecule has 0 amide bonds. The topological polar surface area (TPSA) is 104 Å². The second-order valence-corrected chi connectivity index (χ2v) is 6.47. The quantitative estimate of drug-likeness (QED) is 0.313. The van der Waals surface area contributed by atoms with Crippen LogP contribution in [0.4, 0.5) is 0 Å². The molecular weight excluding hydrogens is 290 g/mol. The summed E-state index contributed by atoms with van der Waals surface area (Å²) in [5, 5.41) is 19.2. The lowest BCUT2D eigenvalue weighted by Gasteiger charge is -2.29. The first-order valence-electron chi connectivity index (χ1n) is 7.51. The fourth-order valence-electron chi connectivity index (χ4n) is 2.08. The highest BCUT2D eigenvalue weighted by Crippen LogP contribution is 2.10. The van der Waals surface area contributed by atoms with E-state index in [-0.39, 0.29) is 19.3 Å². The van der Waals surface area contributed by atoms with Crippen LogP contribution in [0.15, 0.2) is 0 Å². The van der Waals surface area contributed by atoms with Gasteiger partial charge in [0, 0.05) is 25.2 Å². The molecule has 0 spiro atoms.